The van der Waals surface area contributed by atoms with E-state index in [1.807, 2.05) is 25.1 Å². The Labute approximate surface area is 128 Å². The number of aryl methyl sites for hydroxylation is 1. The molecule has 0 saturated heterocycles. The Balaban J connectivity index is 1.72. The number of carbonyl (C=O) groups excluding carboxylic acids is 2. The molecule has 1 aliphatic heterocycles. The van der Waals surface area contributed by atoms with Crippen LogP contribution in [-0.4, -0.2) is 28.9 Å². The molecule has 0 fully saturated rings. The molecule has 2 amide bonds. The number of nitrogens with one attached hydrogen (secondary N) is 1. The maximum absolute atomic E-state index is 12.3. The van der Waals surface area contributed by atoms with Crippen molar-refractivity contribution in [2.75, 3.05) is 12.4 Å². The number of rotatable bonds is 4. The van der Waals surface area contributed by atoms with Gasteiger partial charge in [-0.3, -0.25) is 9.59 Å². The van der Waals surface area contributed by atoms with E-state index in [1.54, 1.807) is 18.0 Å². The van der Waals surface area contributed by atoms with Gasteiger partial charge in [0.1, 0.15) is 0 Å². The van der Waals surface area contributed by atoms with Gasteiger partial charge in [0.25, 0.3) is 0 Å². The minimum atomic E-state index is -0.431. The highest BCUT2D eigenvalue weighted by atomic mass is 16.5. The summed E-state index contributed by atoms with van der Waals surface area (Å²) in [6.45, 7) is 2.31. The van der Waals surface area contributed by atoms with Crippen molar-refractivity contribution in [2.24, 2.45) is 0 Å². The molecular formula is C16H17N3O3. The first-order valence-corrected chi connectivity index (χ1v) is 7.09. The van der Waals surface area contributed by atoms with Gasteiger partial charge in [0, 0.05) is 25.2 Å². The molecule has 2 heterocycles. The standard InChI is InChI=1S/C16H17N3O3/c1-10-3-4-14-12(7-10)13(16(21)18-14)8-15(20)19(2)9-11-5-6-17-22-11/h3-7,13H,8-9H2,1-2H3,(H,18,21)/t13-/m0/s1. The first-order valence-electron chi connectivity index (χ1n) is 7.09. The van der Waals surface area contributed by atoms with Crippen molar-refractivity contribution in [3.8, 4) is 0 Å². The molecule has 0 aliphatic carbocycles. The number of hydrogen-bond donors (Lipinski definition) is 1. The first-order chi connectivity index (χ1) is 10.5. The van der Waals surface area contributed by atoms with Gasteiger partial charge in [0.2, 0.25) is 11.8 Å². The second-order valence-corrected chi connectivity index (χ2v) is 5.57. The van der Waals surface area contributed by atoms with Gasteiger partial charge < -0.3 is 14.7 Å². The number of hydrogen-bond acceptors (Lipinski definition) is 4. The fourth-order valence-corrected chi connectivity index (χ4v) is 2.62. The molecule has 114 valence electrons. The van der Waals surface area contributed by atoms with Gasteiger partial charge in [-0.05, 0) is 18.6 Å². The molecule has 6 heteroatoms. The number of aromatic nitrogens is 1. The second-order valence-electron chi connectivity index (χ2n) is 5.57. The lowest BCUT2D eigenvalue weighted by Gasteiger charge is -2.17. The summed E-state index contributed by atoms with van der Waals surface area (Å²) < 4.78 is 4.99. The fourth-order valence-electron chi connectivity index (χ4n) is 2.62. The van der Waals surface area contributed by atoms with Gasteiger partial charge in [-0.1, -0.05) is 22.9 Å². The van der Waals surface area contributed by atoms with E-state index in [4.69, 9.17) is 4.52 Å². The van der Waals surface area contributed by atoms with Crippen LogP contribution in [-0.2, 0) is 16.1 Å². The molecule has 2 aromatic rings. The Morgan fingerprint density at radius 2 is 2.23 bits per heavy atom. The van der Waals surface area contributed by atoms with Gasteiger partial charge in [-0.15, -0.1) is 0 Å². The number of carbonyl (C=O) groups is 2. The van der Waals surface area contributed by atoms with Crippen LogP contribution in [0.25, 0.3) is 0 Å². The summed E-state index contributed by atoms with van der Waals surface area (Å²) in [5, 5.41) is 6.44. The third-order valence-electron chi connectivity index (χ3n) is 3.85. The summed E-state index contributed by atoms with van der Waals surface area (Å²) in [6.07, 6.45) is 1.68. The molecule has 1 N–H and O–H groups in total. The van der Waals surface area contributed by atoms with Gasteiger partial charge in [-0.25, -0.2) is 0 Å². The molecule has 22 heavy (non-hydrogen) atoms. The van der Waals surface area contributed by atoms with E-state index in [9.17, 15) is 9.59 Å². The van der Waals surface area contributed by atoms with Crippen LogP contribution in [0.3, 0.4) is 0 Å². The van der Waals surface area contributed by atoms with Gasteiger partial charge >= 0.3 is 0 Å². The van der Waals surface area contributed by atoms with Crippen LogP contribution in [0.4, 0.5) is 5.69 Å². The van der Waals surface area contributed by atoms with Gasteiger partial charge in [-0.2, -0.15) is 0 Å². The van der Waals surface area contributed by atoms with Crippen LogP contribution in [0.15, 0.2) is 35.0 Å². The van der Waals surface area contributed by atoms with Crippen molar-refractivity contribution >= 4 is 17.5 Å². The zero-order valence-electron chi connectivity index (χ0n) is 12.5. The van der Waals surface area contributed by atoms with Crippen LogP contribution in [0.5, 0.6) is 0 Å². The molecule has 0 radical (unpaired) electrons. The van der Waals surface area contributed by atoms with E-state index in [0.29, 0.717) is 12.3 Å². The van der Waals surface area contributed by atoms with E-state index in [0.717, 1.165) is 16.8 Å². The maximum Gasteiger partial charge on any atom is 0.232 e. The van der Waals surface area contributed by atoms with E-state index in [1.165, 1.54) is 6.20 Å². The molecule has 6 nitrogen and oxygen atoms in total. The Hall–Kier alpha value is -2.63. The Bertz CT molecular complexity index is 709. The number of amides is 2. The quantitative estimate of drug-likeness (QED) is 0.937. The lowest BCUT2D eigenvalue weighted by Crippen LogP contribution is -2.29. The third-order valence-corrected chi connectivity index (χ3v) is 3.85. The highest BCUT2D eigenvalue weighted by Gasteiger charge is 2.33. The van der Waals surface area contributed by atoms with E-state index in [2.05, 4.69) is 10.5 Å². The summed E-state index contributed by atoms with van der Waals surface area (Å²) in [4.78, 5) is 26.0. The normalized spacial score (nSPS) is 16.3. The van der Waals surface area contributed by atoms with Crippen LogP contribution >= 0.6 is 0 Å². The van der Waals surface area contributed by atoms with Crippen LogP contribution in [0.1, 0.15) is 29.2 Å². The van der Waals surface area contributed by atoms with Gasteiger partial charge in [0.05, 0.1) is 18.7 Å². The summed E-state index contributed by atoms with van der Waals surface area (Å²) in [6, 6.07) is 7.50. The van der Waals surface area contributed by atoms with Crippen LogP contribution in [0, 0.1) is 6.92 Å². The lowest BCUT2D eigenvalue weighted by molar-refractivity contribution is -0.133. The molecule has 1 aliphatic rings. The zero-order chi connectivity index (χ0) is 15.7. The summed E-state index contributed by atoms with van der Waals surface area (Å²) >= 11 is 0. The molecule has 1 aromatic carbocycles. The molecule has 3 rings (SSSR count). The zero-order valence-corrected chi connectivity index (χ0v) is 12.5. The summed E-state index contributed by atoms with van der Waals surface area (Å²) in [5.41, 5.74) is 2.76. The predicted molar refractivity (Wildman–Crippen MR) is 80.1 cm³/mol. The Kier molecular flexibility index (Phi) is 3.66. The fraction of sp³-hybridized carbons (Fsp3) is 0.312. The van der Waals surface area contributed by atoms with E-state index in [-0.39, 0.29) is 18.2 Å². The van der Waals surface area contributed by atoms with E-state index >= 15 is 0 Å². The highest BCUT2D eigenvalue weighted by Crippen LogP contribution is 2.35. The average Bonchev–Trinajstić information content (AvgIpc) is 3.08. The van der Waals surface area contributed by atoms with Crippen molar-refractivity contribution in [3.05, 3.63) is 47.3 Å². The second kappa shape index (κ2) is 5.63. The molecular weight excluding hydrogens is 282 g/mol. The Morgan fingerprint density at radius 3 is 2.95 bits per heavy atom. The average molecular weight is 299 g/mol. The number of fused-ring (bicyclic) bond motifs is 1. The summed E-state index contributed by atoms with van der Waals surface area (Å²) in [7, 11) is 1.69. The predicted octanol–water partition coefficient (Wildman–Crippen LogP) is 2.07. The summed E-state index contributed by atoms with van der Waals surface area (Å²) in [5.74, 6) is -0.0459. The van der Waals surface area contributed by atoms with Crippen molar-refractivity contribution in [1.82, 2.24) is 10.1 Å². The lowest BCUT2D eigenvalue weighted by atomic mass is 9.95. The topological polar surface area (TPSA) is 75.4 Å². The molecule has 0 unspecified atom stereocenters. The molecule has 1 atom stereocenters. The highest BCUT2D eigenvalue weighted by molar-refractivity contribution is 6.04. The molecule has 0 bridgehead atoms. The number of nitrogens with zero attached hydrogens (tertiary/aromatic N) is 2. The number of anilines is 1. The SMILES string of the molecule is Cc1ccc2c(c1)[C@H](CC(=O)N(C)Cc1ccno1)C(=O)N2. The largest absolute Gasteiger partial charge is 0.360 e. The van der Waals surface area contributed by atoms with Crippen molar-refractivity contribution in [1.29, 1.82) is 0 Å². The van der Waals surface area contributed by atoms with Crippen LogP contribution < -0.4 is 5.32 Å². The van der Waals surface area contributed by atoms with Crippen molar-refractivity contribution in [3.63, 3.8) is 0 Å². The van der Waals surface area contributed by atoms with Crippen molar-refractivity contribution < 1.29 is 14.1 Å². The van der Waals surface area contributed by atoms with Crippen molar-refractivity contribution in [2.45, 2.75) is 25.8 Å². The van der Waals surface area contributed by atoms with Crippen LogP contribution in [0.2, 0.25) is 0 Å². The first kappa shape index (κ1) is 14.3. The monoisotopic (exact) mass is 299 g/mol. The minimum absolute atomic E-state index is 0.106. The molecule has 1 aromatic heterocycles. The van der Waals surface area contributed by atoms with Gasteiger partial charge in [0.15, 0.2) is 5.76 Å². The smallest absolute Gasteiger partial charge is 0.232 e. The molecule has 0 saturated carbocycles. The third kappa shape index (κ3) is 2.72. The Morgan fingerprint density at radius 1 is 1.41 bits per heavy atom. The minimum Gasteiger partial charge on any atom is -0.360 e. The molecule has 0 spiro atoms. The van der Waals surface area contributed by atoms with E-state index < -0.39 is 5.92 Å². The number of benzene rings is 1. The maximum atomic E-state index is 12.3.